The monoisotopic (exact) mass is 269 g/mol. The molecule has 0 aromatic carbocycles. The molecule has 1 heterocycles. The van der Waals surface area contributed by atoms with Gasteiger partial charge in [0.25, 0.3) is 0 Å². The Kier molecular flexibility index (Phi) is 3.74. The molecule has 19 heavy (non-hydrogen) atoms. The Bertz CT molecular complexity index is 374. The topological polar surface area (TPSA) is 66.8 Å². The third-order valence-electron chi connectivity index (χ3n) is 3.83. The number of nitrogens with zero attached hydrogens (tertiary/aromatic N) is 1. The van der Waals surface area contributed by atoms with Crippen LogP contribution in [0, 0.1) is 11.8 Å². The molecule has 1 N–H and O–H groups in total. The van der Waals surface area contributed by atoms with Crippen molar-refractivity contribution >= 4 is 12.1 Å². The lowest BCUT2D eigenvalue weighted by Crippen LogP contribution is -2.47. The van der Waals surface area contributed by atoms with E-state index in [-0.39, 0.29) is 24.0 Å². The van der Waals surface area contributed by atoms with Crippen LogP contribution in [0.1, 0.15) is 46.5 Å². The quantitative estimate of drug-likeness (QED) is 0.836. The predicted octanol–water partition coefficient (Wildman–Crippen LogP) is 2.50. The number of hydrogen-bond donors (Lipinski definition) is 1. The molecule has 2 fully saturated rings. The van der Waals surface area contributed by atoms with Crippen LogP contribution >= 0.6 is 0 Å². The van der Waals surface area contributed by atoms with Gasteiger partial charge in [-0.15, -0.1) is 0 Å². The van der Waals surface area contributed by atoms with Gasteiger partial charge in [0.1, 0.15) is 5.60 Å². The molecule has 2 rings (SSSR count). The van der Waals surface area contributed by atoms with Gasteiger partial charge in [-0.3, -0.25) is 4.79 Å². The molecule has 2 aliphatic rings. The lowest BCUT2D eigenvalue weighted by atomic mass is 9.97. The Hall–Kier alpha value is -1.26. The summed E-state index contributed by atoms with van der Waals surface area (Å²) in [6.45, 7) is 6.23. The van der Waals surface area contributed by atoms with Crippen molar-refractivity contribution in [2.75, 3.05) is 6.54 Å². The lowest BCUT2D eigenvalue weighted by Gasteiger charge is -2.37. The van der Waals surface area contributed by atoms with E-state index in [1.165, 1.54) is 0 Å². The third kappa shape index (κ3) is 3.39. The molecule has 5 heteroatoms. The van der Waals surface area contributed by atoms with Crippen LogP contribution < -0.4 is 0 Å². The van der Waals surface area contributed by atoms with Crippen molar-refractivity contribution in [3.8, 4) is 0 Å². The molecule has 0 spiro atoms. The number of aliphatic carboxylic acids is 1. The largest absolute Gasteiger partial charge is 0.481 e. The van der Waals surface area contributed by atoms with Gasteiger partial charge in [0.2, 0.25) is 0 Å². The van der Waals surface area contributed by atoms with Crippen molar-refractivity contribution in [2.45, 2.75) is 58.1 Å². The van der Waals surface area contributed by atoms with Crippen LogP contribution in [0.2, 0.25) is 0 Å². The normalized spacial score (nSPS) is 30.9. The number of amides is 1. The van der Waals surface area contributed by atoms with Crippen LogP contribution in [-0.2, 0) is 9.53 Å². The number of hydrogen-bond acceptors (Lipinski definition) is 3. The molecular formula is C14H23NO4. The second kappa shape index (κ2) is 5.02. The van der Waals surface area contributed by atoms with Crippen LogP contribution in [0.4, 0.5) is 4.79 Å². The molecule has 1 amide bonds. The molecule has 0 bridgehead atoms. The molecule has 5 nitrogen and oxygen atoms in total. The zero-order chi connectivity index (χ0) is 14.2. The Balaban J connectivity index is 2.01. The fourth-order valence-corrected chi connectivity index (χ4v) is 2.87. The second-order valence-electron chi connectivity index (χ2n) is 6.58. The summed E-state index contributed by atoms with van der Waals surface area (Å²) >= 11 is 0. The maximum Gasteiger partial charge on any atom is 0.410 e. The fraction of sp³-hybridized carbons (Fsp3) is 0.857. The molecule has 108 valence electrons. The summed E-state index contributed by atoms with van der Waals surface area (Å²) in [6, 6.07) is 0.0460. The zero-order valence-corrected chi connectivity index (χ0v) is 11.9. The highest BCUT2D eigenvalue weighted by Crippen LogP contribution is 2.46. The molecule has 0 aromatic rings. The third-order valence-corrected chi connectivity index (χ3v) is 3.83. The Morgan fingerprint density at radius 3 is 2.47 bits per heavy atom. The van der Waals surface area contributed by atoms with Crippen LogP contribution in [0.15, 0.2) is 0 Å². The molecule has 1 aliphatic heterocycles. The van der Waals surface area contributed by atoms with Gasteiger partial charge in [-0.2, -0.15) is 0 Å². The summed E-state index contributed by atoms with van der Waals surface area (Å²) in [5, 5.41) is 9.03. The summed E-state index contributed by atoms with van der Waals surface area (Å²) < 4.78 is 5.42. The standard InChI is InChI=1S/C14H23NO4/c1-14(2,3)19-13(18)15-7-5-4-6-11(15)9-8-10(9)12(16)17/h9-11H,4-8H2,1-3H3,(H,16,17)/t9-,10-,11?/m1/s1. The molecule has 3 atom stereocenters. The van der Waals surface area contributed by atoms with Crippen molar-refractivity contribution < 1.29 is 19.4 Å². The van der Waals surface area contributed by atoms with Gasteiger partial charge in [0.05, 0.1) is 5.92 Å². The van der Waals surface area contributed by atoms with E-state index in [0.29, 0.717) is 13.0 Å². The minimum atomic E-state index is -0.736. The van der Waals surface area contributed by atoms with Crippen LogP contribution in [0.25, 0.3) is 0 Å². The van der Waals surface area contributed by atoms with Crippen molar-refractivity contribution in [1.82, 2.24) is 4.90 Å². The van der Waals surface area contributed by atoms with E-state index in [0.717, 1.165) is 19.3 Å². The summed E-state index contributed by atoms with van der Waals surface area (Å²) in [5.41, 5.74) is -0.505. The van der Waals surface area contributed by atoms with E-state index in [1.54, 1.807) is 4.90 Å². The van der Waals surface area contributed by atoms with E-state index < -0.39 is 11.6 Å². The highest BCUT2D eigenvalue weighted by molar-refractivity contribution is 5.74. The smallest absolute Gasteiger partial charge is 0.410 e. The van der Waals surface area contributed by atoms with E-state index in [1.807, 2.05) is 20.8 Å². The lowest BCUT2D eigenvalue weighted by molar-refractivity contribution is -0.139. The first-order valence-corrected chi connectivity index (χ1v) is 7.02. The average molecular weight is 269 g/mol. The number of likely N-dealkylation sites (tertiary alicyclic amines) is 1. The van der Waals surface area contributed by atoms with E-state index >= 15 is 0 Å². The highest BCUT2D eigenvalue weighted by atomic mass is 16.6. The van der Waals surface area contributed by atoms with Crippen molar-refractivity contribution in [2.24, 2.45) is 11.8 Å². The first-order valence-electron chi connectivity index (χ1n) is 7.02. The molecule has 0 radical (unpaired) electrons. The van der Waals surface area contributed by atoms with E-state index in [2.05, 4.69) is 0 Å². The Labute approximate surface area is 113 Å². The van der Waals surface area contributed by atoms with Crippen molar-refractivity contribution in [3.63, 3.8) is 0 Å². The maximum absolute atomic E-state index is 12.2. The number of piperidine rings is 1. The minimum Gasteiger partial charge on any atom is -0.481 e. The molecule has 1 saturated heterocycles. The van der Waals surface area contributed by atoms with Gasteiger partial charge in [-0.05, 0) is 52.4 Å². The number of carboxylic acids is 1. The van der Waals surface area contributed by atoms with Gasteiger partial charge in [0.15, 0.2) is 0 Å². The SMILES string of the molecule is CC(C)(C)OC(=O)N1CCCCC1[C@@H]1C[C@H]1C(=O)O. The minimum absolute atomic E-state index is 0.0460. The zero-order valence-electron chi connectivity index (χ0n) is 11.9. The molecule has 1 unspecified atom stereocenters. The number of carbonyl (C=O) groups is 2. The fourth-order valence-electron chi connectivity index (χ4n) is 2.87. The van der Waals surface area contributed by atoms with Gasteiger partial charge in [-0.25, -0.2) is 4.79 Å². The van der Waals surface area contributed by atoms with Gasteiger partial charge < -0.3 is 14.7 Å². The van der Waals surface area contributed by atoms with Crippen molar-refractivity contribution in [3.05, 3.63) is 0 Å². The van der Waals surface area contributed by atoms with Gasteiger partial charge in [0, 0.05) is 12.6 Å². The highest BCUT2D eigenvalue weighted by Gasteiger charge is 2.51. The van der Waals surface area contributed by atoms with E-state index in [4.69, 9.17) is 9.84 Å². The van der Waals surface area contributed by atoms with Crippen LogP contribution in [-0.4, -0.2) is 40.3 Å². The average Bonchev–Trinajstić information content (AvgIpc) is 3.06. The molecule has 1 saturated carbocycles. The molecule has 1 aliphatic carbocycles. The number of carbonyl (C=O) groups excluding carboxylic acids is 1. The number of rotatable bonds is 2. The molecule has 0 aromatic heterocycles. The first-order chi connectivity index (χ1) is 8.79. The summed E-state index contributed by atoms with van der Waals surface area (Å²) in [5.74, 6) is -0.891. The van der Waals surface area contributed by atoms with Gasteiger partial charge in [-0.1, -0.05) is 0 Å². The predicted molar refractivity (Wildman–Crippen MR) is 69.8 cm³/mol. The first kappa shape index (κ1) is 14.2. The Morgan fingerprint density at radius 2 is 1.95 bits per heavy atom. The summed E-state index contributed by atoms with van der Waals surface area (Å²) in [6.07, 6.45) is 3.33. The summed E-state index contributed by atoms with van der Waals surface area (Å²) in [4.78, 5) is 24.9. The Morgan fingerprint density at radius 1 is 1.26 bits per heavy atom. The second-order valence-corrected chi connectivity index (χ2v) is 6.58. The number of ether oxygens (including phenoxy) is 1. The van der Waals surface area contributed by atoms with Crippen LogP contribution in [0.5, 0.6) is 0 Å². The number of carboxylic acid groups (broad SMARTS) is 1. The van der Waals surface area contributed by atoms with Crippen LogP contribution in [0.3, 0.4) is 0 Å². The molecular weight excluding hydrogens is 246 g/mol. The van der Waals surface area contributed by atoms with Crippen molar-refractivity contribution in [1.29, 1.82) is 0 Å². The van der Waals surface area contributed by atoms with E-state index in [9.17, 15) is 9.59 Å². The summed E-state index contributed by atoms with van der Waals surface area (Å²) in [7, 11) is 0. The maximum atomic E-state index is 12.2. The van der Waals surface area contributed by atoms with Gasteiger partial charge >= 0.3 is 12.1 Å².